The van der Waals surface area contributed by atoms with Crippen molar-refractivity contribution < 1.29 is 0 Å². The smallest absolute Gasteiger partial charge is 0.260 e. The fourth-order valence-electron chi connectivity index (χ4n) is 2.88. The van der Waals surface area contributed by atoms with Gasteiger partial charge in [0.25, 0.3) is 5.56 Å². The van der Waals surface area contributed by atoms with Gasteiger partial charge in [0, 0.05) is 29.4 Å². The third-order valence-corrected chi connectivity index (χ3v) is 4.37. The Morgan fingerprint density at radius 3 is 2.68 bits per heavy atom. The fourth-order valence-corrected chi connectivity index (χ4v) is 3.07. The minimum Gasteiger partial charge on any atom is -0.302 e. The van der Waals surface area contributed by atoms with E-state index < -0.39 is 0 Å². The zero-order valence-electron chi connectivity index (χ0n) is 13.5. The van der Waals surface area contributed by atoms with E-state index in [0.29, 0.717) is 15.9 Å². The number of nitrogens with zero attached hydrogens (tertiary/aromatic N) is 3. The minimum absolute atomic E-state index is 0.0694. The number of aryl methyl sites for hydroxylation is 1. The van der Waals surface area contributed by atoms with Crippen LogP contribution in [0.4, 0.5) is 0 Å². The van der Waals surface area contributed by atoms with Gasteiger partial charge in [-0.1, -0.05) is 35.9 Å². The number of hydrogen-bond donors (Lipinski definition) is 0. The van der Waals surface area contributed by atoms with Crippen LogP contribution in [0.2, 0.25) is 5.02 Å². The first-order chi connectivity index (χ1) is 12.1. The van der Waals surface area contributed by atoms with Gasteiger partial charge in [-0.05, 0) is 35.9 Å². The summed E-state index contributed by atoms with van der Waals surface area (Å²) in [5.41, 5.74) is 4.23. The number of pyridine rings is 1. The van der Waals surface area contributed by atoms with Crippen LogP contribution >= 0.6 is 11.6 Å². The van der Waals surface area contributed by atoms with Crippen LogP contribution in [0, 0.1) is 0 Å². The summed E-state index contributed by atoms with van der Waals surface area (Å²) in [6.45, 7) is 0. The first kappa shape index (κ1) is 15.5. The fraction of sp³-hybridized carbons (Fsp3) is 0.0500. The van der Waals surface area contributed by atoms with Crippen LogP contribution in [-0.4, -0.2) is 14.5 Å². The Hall–Kier alpha value is -2.98. The molecule has 0 radical (unpaired) electrons. The van der Waals surface area contributed by atoms with Crippen molar-refractivity contribution in [2.45, 2.75) is 0 Å². The van der Waals surface area contributed by atoms with Gasteiger partial charge in [-0.25, -0.2) is 4.98 Å². The average molecular weight is 348 g/mol. The molecule has 0 unspecified atom stereocenters. The topological polar surface area (TPSA) is 47.8 Å². The Morgan fingerprint density at radius 2 is 1.84 bits per heavy atom. The van der Waals surface area contributed by atoms with Gasteiger partial charge >= 0.3 is 0 Å². The molecule has 0 bridgehead atoms. The van der Waals surface area contributed by atoms with E-state index in [4.69, 9.17) is 11.6 Å². The Bertz CT molecular complexity index is 1150. The van der Waals surface area contributed by atoms with Gasteiger partial charge < -0.3 is 4.57 Å². The maximum Gasteiger partial charge on any atom is 0.260 e. The maximum atomic E-state index is 12.4. The number of hydrogen-bond acceptors (Lipinski definition) is 3. The van der Waals surface area contributed by atoms with Gasteiger partial charge in [0.15, 0.2) is 0 Å². The number of benzene rings is 2. The van der Waals surface area contributed by atoms with E-state index in [2.05, 4.69) is 9.97 Å². The molecule has 0 aliphatic heterocycles. The summed E-state index contributed by atoms with van der Waals surface area (Å²) in [6, 6.07) is 17.2. The van der Waals surface area contributed by atoms with Crippen LogP contribution < -0.4 is 5.56 Å². The van der Waals surface area contributed by atoms with Crippen LogP contribution in [-0.2, 0) is 7.05 Å². The SMILES string of the molecule is Cn1cnc2ccc(-c3cccnc3-c3cccc(Cl)c3)cc2c1=O. The van der Waals surface area contributed by atoms with Crippen LogP contribution in [0.25, 0.3) is 33.3 Å². The van der Waals surface area contributed by atoms with Gasteiger partial charge in [-0.3, -0.25) is 9.78 Å². The number of halogens is 1. The van der Waals surface area contributed by atoms with Gasteiger partial charge in [0.2, 0.25) is 0 Å². The first-order valence-electron chi connectivity index (χ1n) is 7.80. The van der Waals surface area contributed by atoms with Gasteiger partial charge in [0.1, 0.15) is 0 Å². The molecule has 0 amide bonds. The molecule has 0 aliphatic carbocycles. The summed E-state index contributed by atoms with van der Waals surface area (Å²) in [5.74, 6) is 0. The van der Waals surface area contributed by atoms with E-state index in [1.807, 2.05) is 54.6 Å². The second-order valence-corrected chi connectivity index (χ2v) is 6.24. The second-order valence-electron chi connectivity index (χ2n) is 5.80. The lowest BCUT2D eigenvalue weighted by molar-refractivity contribution is 0.843. The standard InChI is InChI=1S/C20H14ClN3O/c1-24-12-23-18-8-7-13(11-17(18)20(24)25)16-6-3-9-22-19(16)14-4-2-5-15(21)10-14/h2-12H,1H3. The van der Waals surface area contributed by atoms with Crippen LogP contribution in [0.15, 0.2) is 71.9 Å². The predicted molar refractivity (Wildman–Crippen MR) is 101 cm³/mol. The van der Waals surface area contributed by atoms with E-state index in [1.54, 1.807) is 13.2 Å². The van der Waals surface area contributed by atoms with E-state index in [1.165, 1.54) is 10.9 Å². The van der Waals surface area contributed by atoms with Gasteiger partial charge in [-0.15, -0.1) is 0 Å². The van der Waals surface area contributed by atoms with Crippen molar-refractivity contribution in [2.24, 2.45) is 7.05 Å². The normalized spacial score (nSPS) is 11.0. The van der Waals surface area contributed by atoms with Crippen molar-refractivity contribution in [3.05, 3.63) is 82.5 Å². The molecule has 2 aromatic heterocycles. The predicted octanol–water partition coefficient (Wildman–Crippen LogP) is 4.32. The van der Waals surface area contributed by atoms with Crippen molar-refractivity contribution in [1.29, 1.82) is 0 Å². The molecule has 4 rings (SSSR count). The van der Waals surface area contributed by atoms with Crippen molar-refractivity contribution in [2.75, 3.05) is 0 Å². The molecule has 0 aliphatic rings. The van der Waals surface area contributed by atoms with Gasteiger partial charge in [0.05, 0.1) is 22.9 Å². The summed E-state index contributed by atoms with van der Waals surface area (Å²) in [7, 11) is 1.70. The van der Waals surface area contributed by atoms with Crippen molar-refractivity contribution in [3.8, 4) is 22.4 Å². The van der Waals surface area contributed by atoms with E-state index in [9.17, 15) is 4.79 Å². The third kappa shape index (κ3) is 2.81. The van der Waals surface area contributed by atoms with E-state index in [-0.39, 0.29) is 5.56 Å². The van der Waals surface area contributed by atoms with Crippen molar-refractivity contribution in [3.63, 3.8) is 0 Å². The molecule has 4 nitrogen and oxygen atoms in total. The Labute approximate surface area is 149 Å². The highest BCUT2D eigenvalue weighted by Gasteiger charge is 2.11. The molecule has 5 heteroatoms. The van der Waals surface area contributed by atoms with Crippen molar-refractivity contribution >= 4 is 22.5 Å². The molecule has 0 spiro atoms. The molecule has 2 aromatic carbocycles. The molecule has 0 N–H and O–H groups in total. The first-order valence-corrected chi connectivity index (χ1v) is 8.18. The molecule has 4 aromatic rings. The number of fused-ring (bicyclic) bond motifs is 1. The molecule has 0 saturated heterocycles. The summed E-state index contributed by atoms with van der Waals surface area (Å²) in [5, 5.41) is 1.24. The maximum absolute atomic E-state index is 12.4. The summed E-state index contributed by atoms with van der Waals surface area (Å²) in [4.78, 5) is 21.2. The quantitative estimate of drug-likeness (QED) is 0.542. The minimum atomic E-state index is -0.0694. The molecular weight excluding hydrogens is 334 g/mol. The summed E-state index contributed by atoms with van der Waals surface area (Å²) >= 11 is 6.13. The number of rotatable bonds is 2. The Kier molecular flexibility index (Phi) is 3.82. The zero-order valence-corrected chi connectivity index (χ0v) is 14.2. The average Bonchev–Trinajstić information content (AvgIpc) is 2.65. The molecule has 2 heterocycles. The Morgan fingerprint density at radius 1 is 0.960 bits per heavy atom. The highest BCUT2D eigenvalue weighted by atomic mass is 35.5. The van der Waals surface area contributed by atoms with Gasteiger partial charge in [-0.2, -0.15) is 0 Å². The van der Waals surface area contributed by atoms with E-state index in [0.717, 1.165) is 22.4 Å². The molecular formula is C20H14ClN3O. The van der Waals surface area contributed by atoms with E-state index >= 15 is 0 Å². The summed E-state index contributed by atoms with van der Waals surface area (Å²) in [6.07, 6.45) is 3.28. The lowest BCUT2D eigenvalue weighted by Gasteiger charge is -2.10. The van der Waals surface area contributed by atoms with Crippen LogP contribution in [0.5, 0.6) is 0 Å². The Balaban J connectivity index is 1.95. The molecule has 0 atom stereocenters. The lowest BCUT2D eigenvalue weighted by Crippen LogP contribution is -2.16. The van der Waals surface area contributed by atoms with Crippen molar-refractivity contribution in [1.82, 2.24) is 14.5 Å². The van der Waals surface area contributed by atoms with Crippen LogP contribution in [0.1, 0.15) is 0 Å². The molecule has 122 valence electrons. The number of aromatic nitrogens is 3. The molecule has 0 fully saturated rings. The third-order valence-electron chi connectivity index (χ3n) is 4.13. The molecule has 0 saturated carbocycles. The van der Waals surface area contributed by atoms with Crippen LogP contribution in [0.3, 0.4) is 0 Å². The lowest BCUT2D eigenvalue weighted by atomic mass is 9.98. The molecule has 25 heavy (non-hydrogen) atoms. The zero-order chi connectivity index (χ0) is 17.4. The highest BCUT2D eigenvalue weighted by molar-refractivity contribution is 6.30. The largest absolute Gasteiger partial charge is 0.302 e. The summed E-state index contributed by atoms with van der Waals surface area (Å²) < 4.78 is 1.48. The highest BCUT2D eigenvalue weighted by Crippen LogP contribution is 2.32. The second kappa shape index (κ2) is 6.15. The monoisotopic (exact) mass is 347 g/mol.